The molecule has 0 radical (unpaired) electrons. The standard InChI is InChI=1S/C20H30N4O2S.HI/c1-6-21-20(22-11-10-16-13-27-19(23-16)14(3)4)24-15-8-9-17(26-7-2)18(12-15)25-5;/h8-9,12-14H,6-7,10-11H2,1-5H3,(H2,21,22,24);1H. The lowest BCUT2D eigenvalue weighted by atomic mass is 10.2. The quantitative estimate of drug-likeness (QED) is 0.281. The second-order valence-corrected chi connectivity index (χ2v) is 7.16. The topological polar surface area (TPSA) is 67.8 Å². The number of benzene rings is 1. The van der Waals surface area contributed by atoms with Gasteiger partial charge in [0.1, 0.15) is 0 Å². The normalized spacial score (nSPS) is 11.1. The van der Waals surface area contributed by atoms with Crippen LogP contribution in [0.25, 0.3) is 0 Å². The summed E-state index contributed by atoms with van der Waals surface area (Å²) >= 11 is 1.72. The van der Waals surface area contributed by atoms with Crippen molar-refractivity contribution in [2.24, 2.45) is 4.99 Å². The maximum atomic E-state index is 5.56. The number of anilines is 1. The molecule has 156 valence electrons. The zero-order valence-electron chi connectivity index (χ0n) is 17.2. The Bertz CT molecular complexity index is 750. The molecule has 0 unspecified atom stereocenters. The van der Waals surface area contributed by atoms with Crippen LogP contribution in [0.1, 0.15) is 44.3 Å². The molecule has 0 spiro atoms. The molecule has 1 aromatic heterocycles. The lowest BCUT2D eigenvalue weighted by Crippen LogP contribution is -2.30. The van der Waals surface area contributed by atoms with Gasteiger partial charge in [0.2, 0.25) is 0 Å². The molecule has 0 aliphatic carbocycles. The van der Waals surface area contributed by atoms with E-state index < -0.39 is 0 Å². The molecule has 2 rings (SSSR count). The van der Waals surface area contributed by atoms with E-state index in [9.17, 15) is 0 Å². The van der Waals surface area contributed by atoms with E-state index in [4.69, 9.17) is 9.47 Å². The van der Waals surface area contributed by atoms with E-state index in [-0.39, 0.29) is 24.0 Å². The summed E-state index contributed by atoms with van der Waals surface area (Å²) in [7, 11) is 1.64. The lowest BCUT2D eigenvalue weighted by Gasteiger charge is -2.14. The van der Waals surface area contributed by atoms with Gasteiger partial charge in [-0.2, -0.15) is 0 Å². The number of aliphatic imine (C=N–C) groups is 1. The molecule has 0 saturated heterocycles. The first kappa shape index (κ1) is 24.5. The molecule has 1 aromatic carbocycles. The van der Waals surface area contributed by atoms with Gasteiger partial charge in [-0.15, -0.1) is 35.3 Å². The van der Waals surface area contributed by atoms with E-state index in [2.05, 4.69) is 39.8 Å². The summed E-state index contributed by atoms with van der Waals surface area (Å²) in [5.41, 5.74) is 2.00. The van der Waals surface area contributed by atoms with Gasteiger partial charge in [0.05, 0.1) is 24.4 Å². The Morgan fingerprint density at radius 3 is 2.64 bits per heavy atom. The minimum atomic E-state index is 0. The van der Waals surface area contributed by atoms with E-state index in [1.807, 2.05) is 32.0 Å². The number of nitrogens with zero attached hydrogens (tertiary/aromatic N) is 2. The van der Waals surface area contributed by atoms with E-state index >= 15 is 0 Å². The SMILES string of the molecule is CCNC(=NCCc1csc(C(C)C)n1)Nc1ccc(OCC)c(OC)c1.I. The Kier molecular flexibility index (Phi) is 11.2. The monoisotopic (exact) mass is 518 g/mol. The number of hydrogen-bond acceptors (Lipinski definition) is 5. The van der Waals surface area contributed by atoms with Crippen molar-refractivity contribution in [3.8, 4) is 11.5 Å². The van der Waals surface area contributed by atoms with Crippen molar-refractivity contribution in [1.82, 2.24) is 10.3 Å². The highest BCUT2D eigenvalue weighted by atomic mass is 127. The smallest absolute Gasteiger partial charge is 0.195 e. The third-order valence-corrected chi connectivity index (χ3v) is 4.97. The first-order valence-electron chi connectivity index (χ1n) is 9.37. The van der Waals surface area contributed by atoms with Crippen molar-refractivity contribution >= 4 is 47.0 Å². The molecule has 0 atom stereocenters. The fourth-order valence-electron chi connectivity index (χ4n) is 2.45. The van der Waals surface area contributed by atoms with Crippen LogP contribution in [0.3, 0.4) is 0 Å². The molecule has 0 fully saturated rings. The molecule has 0 aliphatic rings. The fraction of sp³-hybridized carbons (Fsp3) is 0.500. The summed E-state index contributed by atoms with van der Waals surface area (Å²) in [6.07, 6.45) is 0.826. The molecule has 0 aliphatic heterocycles. The molecular formula is C20H31IN4O2S. The molecular weight excluding hydrogens is 487 g/mol. The molecule has 6 nitrogen and oxygen atoms in total. The minimum Gasteiger partial charge on any atom is -0.493 e. The van der Waals surface area contributed by atoms with E-state index in [1.165, 1.54) is 5.01 Å². The molecule has 2 N–H and O–H groups in total. The summed E-state index contributed by atoms with van der Waals surface area (Å²) in [6, 6.07) is 5.76. The zero-order chi connectivity index (χ0) is 19.6. The number of nitrogens with one attached hydrogen (secondary N) is 2. The van der Waals surface area contributed by atoms with Crippen molar-refractivity contribution in [1.29, 1.82) is 0 Å². The molecule has 0 amide bonds. The van der Waals surface area contributed by atoms with Gasteiger partial charge in [-0.1, -0.05) is 13.8 Å². The Morgan fingerprint density at radius 1 is 1.25 bits per heavy atom. The van der Waals surface area contributed by atoms with Gasteiger partial charge in [-0.05, 0) is 26.0 Å². The fourth-order valence-corrected chi connectivity index (χ4v) is 3.32. The Hall–Kier alpha value is -1.55. The largest absolute Gasteiger partial charge is 0.493 e. The summed E-state index contributed by atoms with van der Waals surface area (Å²) in [5.74, 6) is 2.64. The third kappa shape index (κ3) is 7.46. The van der Waals surface area contributed by atoms with Crippen LogP contribution in [0, 0.1) is 0 Å². The van der Waals surface area contributed by atoms with Crippen LogP contribution in [-0.4, -0.2) is 37.7 Å². The summed E-state index contributed by atoms with van der Waals surface area (Å²) in [4.78, 5) is 9.32. The first-order valence-corrected chi connectivity index (χ1v) is 10.3. The Balaban J connectivity index is 0.00000392. The number of halogens is 1. The highest BCUT2D eigenvalue weighted by Crippen LogP contribution is 2.30. The second-order valence-electron chi connectivity index (χ2n) is 6.27. The number of methoxy groups -OCH3 is 1. The number of guanidine groups is 1. The maximum Gasteiger partial charge on any atom is 0.195 e. The van der Waals surface area contributed by atoms with Crippen molar-refractivity contribution in [3.63, 3.8) is 0 Å². The van der Waals surface area contributed by atoms with Crippen LogP contribution in [-0.2, 0) is 6.42 Å². The Morgan fingerprint density at radius 2 is 2.04 bits per heavy atom. The van der Waals surface area contributed by atoms with Gasteiger partial charge < -0.3 is 20.1 Å². The number of rotatable bonds is 9. The third-order valence-electron chi connectivity index (χ3n) is 3.77. The van der Waals surface area contributed by atoms with Gasteiger partial charge in [-0.25, -0.2) is 4.98 Å². The Labute approximate surface area is 189 Å². The van der Waals surface area contributed by atoms with Gasteiger partial charge in [-0.3, -0.25) is 4.99 Å². The van der Waals surface area contributed by atoms with E-state index in [0.29, 0.717) is 24.8 Å². The van der Waals surface area contributed by atoms with Crippen molar-refractivity contribution in [3.05, 3.63) is 34.3 Å². The first-order chi connectivity index (χ1) is 13.1. The predicted octanol–water partition coefficient (Wildman–Crippen LogP) is 4.91. The molecule has 1 heterocycles. The van der Waals surface area contributed by atoms with Crippen LogP contribution in [0.15, 0.2) is 28.6 Å². The second kappa shape index (κ2) is 12.8. The van der Waals surface area contributed by atoms with Crippen LogP contribution < -0.4 is 20.1 Å². The molecule has 28 heavy (non-hydrogen) atoms. The highest BCUT2D eigenvalue weighted by molar-refractivity contribution is 14.0. The van der Waals surface area contributed by atoms with Crippen LogP contribution in [0.5, 0.6) is 11.5 Å². The summed E-state index contributed by atoms with van der Waals surface area (Å²) in [6.45, 7) is 10.4. The van der Waals surface area contributed by atoms with Crippen molar-refractivity contribution in [2.45, 2.75) is 40.0 Å². The van der Waals surface area contributed by atoms with Crippen LogP contribution in [0.4, 0.5) is 5.69 Å². The zero-order valence-corrected chi connectivity index (χ0v) is 20.4. The van der Waals surface area contributed by atoms with E-state index in [0.717, 1.165) is 36.1 Å². The van der Waals surface area contributed by atoms with Gasteiger partial charge in [0.15, 0.2) is 17.5 Å². The maximum absolute atomic E-state index is 5.56. The van der Waals surface area contributed by atoms with Crippen LogP contribution >= 0.6 is 35.3 Å². The highest BCUT2D eigenvalue weighted by Gasteiger charge is 2.08. The average molecular weight is 518 g/mol. The number of thiazole rings is 1. The molecule has 0 saturated carbocycles. The number of aromatic nitrogens is 1. The summed E-state index contributed by atoms with van der Waals surface area (Å²) < 4.78 is 11.0. The number of hydrogen-bond donors (Lipinski definition) is 2. The predicted molar refractivity (Wildman–Crippen MR) is 129 cm³/mol. The van der Waals surface area contributed by atoms with Gasteiger partial charge in [0, 0.05) is 42.6 Å². The molecule has 2 aromatic rings. The van der Waals surface area contributed by atoms with E-state index in [1.54, 1.807) is 18.4 Å². The molecule has 0 bridgehead atoms. The van der Waals surface area contributed by atoms with Crippen molar-refractivity contribution in [2.75, 3.05) is 32.1 Å². The summed E-state index contributed by atoms with van der Waals surface area (Å²) in [5, 5.41) is 9.89. The average Bonchev–Trinajstić information content (AvgIpc) is 3.12. The number of ether oxygens (including phenoxy) is 2. The van der Waals surface area contributed by atoms with Gasteiger partial charge in [0.25, 0.3) is 0 Å². The molecule has 8 heteroatoms. The van der Waals surface area contributed by atoms with Crippen molar-refractivity contribution < 1.29 is 9.47 Å². The van der Waals surface area contributed by atoms with Gasteiger partial charge >= 0.3 is 0 Å². The lowest BCUT2D eigenvalue weighted by molar-refractivity contribution is 0.311. The minimum absolute atomic E-state index is 0. The van der Waals surface area contributed by atoms with Crippen LogP contribution in [0.2, 0.25) is 0 Å².